The van der Waals surface area contributed by atoms with Crippen molar-refractivity contribution in [3.05, 3.63) is 71.8 Å². The number of nitrogens with zero attached hydrogens (tertiary/aromatic N) is 1. The van der Waals surface area contributed by atoms with Crippen LogP contribution in [0.3, 0.4) is 0 Å². The van der Waals surface area contributed by atoms with Gasteiger partial charge in [0.1, 0.15) is 5.60 Å². The molecule has 2 aromatic rings. The average Bonchev–Trinajstić information content (AvgIpc) is 3.11. The lowest BCUT2D eigenvalue weighted by Gasteiger charge is -2.24. The van der Waals surface area contributed by atoms with Crippen molar-refractivity contribution in [2.75, 3.05) is 19.6 Å². The highest BCUT2D eigenvalue weighted by Crippen LogP contribution is 2.33. The van der Waals surface area contributed by atoms with Crippen molar-refractivity contribution in [1.29, 1.82) is 0 Å². The molecule has 5 heteroatoms. The summed E-state index contributed by atoms with van der Waals surface area (Å²) >= 11 is 0. The molecule has 1 aliphatic rings. The van der Waals surface area contributed by atoms with Crippen molar-refractivity contribution in [3.63, 3.8) is 0 Å². The number of benzene rings is 2. The van der Waals surface area contributed by atoms with Crippen LogP contribution in [0.5, 0.6) is 0 Å². The molecule has 5 nitrogen and oxygen atoms in total. The first-order valence-corrected chi connectivity index (χ1v) is 9.69. The van der Waals surface area contributed by atoms with Crippen LogP contribution in [0.15, 0.2) is 60.7 Å². The predicted octanol–water partition coefficient (Wildman–Crippen LogP) is 4.07. The van der Waals surface area contributed by atoms with Gasteiger partial charge in [0.15, 0.2) is 0 Å². The van der Waals surface area contributed by atoms with Gasteiger partial charge in [0.2, 0.25) is 0 Å². The smallest absolute Gasteiger partial charge is 0.410 e. The van der Waals surface area contributed by atoms with E-state index in [9.17, 15) is 9.59 Å². The van der Waals surface area contributed by atoms with Gasteiger partial charge >= 0.3 is 6.09 Å². The average molecular weight is 380 g/mol. The maximum atomic E-state index is 12.6. The van der Waals surface area contributed by atoms with E-state index in [2.05, 4.69) is 17.4 Å². The highest BCUT2D eigenvalue weighted by Gasteiger charge is 2.38. The van der Waals surface area contributed by atoms with E-state index in [0.717, 1.165) is 0 Å². The summed E-state index contributed by atoms with van der Waals surface area (Å²) in [7, 11) is 0. The second-order valence-electron chi connectivity index (χ2n) is 8.24. The van der Waals surface area contributed by atoms with Crippen LogP contribution in [0.25, 0.3) is 0 Å². The largest absolute Gasteiger partial charge is 0.444 e. The van der Waals surface area contributed by atoms with Crippen molar-refractivity contribution >= 4 is 12.0 Å². The number of carbonyl (C=O) groups excluding carboxylic acids is 2. The summed E-state index contributed by atoms with van der Waals surface area (Å²) in [5, 5.41) is 3.03. The van der Waals surface area contributed by atoms with Crippen LogP contribution in [-0.2, 0) is 4.74 Å². The van der Waals surface area contributed by atoms with E-state index >= 15 is 0 Å². The Morgan fingerprint density at radius 2 is 1.61 bits per heavy atom. The molecule has 28 heavy (non-hydrogen) atoms. The van der Waals surface area contributed by atoms with Gasteiger partial charge in [-0.15, -0.1) is 0 Å². The van der Waals surface area contributed by atoms with Crippen LogP contribution in [0, 0.1) is 5.92 Å². The molecule has 2 amide bonds. The van der Waals surface area contributed by atoms with Gasteiger partial charge in [0.05, 0.1) is 0 Å². The lowest BCUT2D eigenvalue weighted by Crippen LogP contribution is -2.36. The maximum absolute atomic E-state index is 12.6. The normalized spacial score (nSPS) is 19.3. The molecule has 2 aromatic carbocycles. The van der Waals surface area contributed by atoms with Crippen LogP contribution in [-0.4, -0.2) is 42.1 Å². The lowest BCUT2D eigenvalue weighted by atomic mass is 9.89. The van der Waals surface area contributed by atoms with E-state index in [1.54, 1.807) is 17.0 Å². The molecule has 1 aliphatic heterocycles. The first-order chi connectivity index (χ1) is 13.3. The summed E-state index contributed by atoms with van der Waals surface area (Å²) in [5.41, 5.74) is 1.28. The van der Waals surface area contributed by atoms with Crippen molar-refractivity contribution in [1.82, 2.24) is 10.2 Å². The zero-order valence-electron chi connectivity index (χ0n) is 16.7. The molecule has 0 aromatic heterocycles. The minimum absolute atomic E-state index is 0.0943. The van der Waals surface area contributed by atoms with Gasteiger partial charge in [-0.1, -0.05) is 48.5 Å². The van der Waals surface area contributed by atoms with Crippen molar-refractivity contribution in [2.45, 2.75) is 32.3 Å². The van der Waals surface area contributed by atoms with Gasteiger partial charge in [0.25, 0.3) is 5.91 Å². The molecule has 1 N–H and O–H groups in total. The summed E-state index contributed by atoms with van der Waals surface area (Å²) in [6.07, 6.45) is -0.301. The molecule has 0 spiro atoms. The molecule has 1 unspecified atom stereocenters. The molecule has 0 saturated carbocycles. The van der Waals surface area contributed by atoms with E-state index < -0.39 is 5.60 Å². The van der Waals surface area contributed by atoms with E-state index in [0.29, 0.717) is 25.2 Å². The van der Waals surface area contributed by atoms with E-state index in [1.165, 1.54) is 5.56 Å². The third kappa shape index (κ3) is 5.12. The Kier molecular flexibility index (Phi) is 6.02. The number of rotatable bonds is 4. The Bertz CT molecular complexity index is 800. The molecule has 0 bridgehead atoms. The summed E-state index contributed by atoms with van der Waals surface area (Å²) in [5.74, 6) is 0.190. The molecule has 0 aliphatic carbocycles. The molecule has 148 valence electrons. The number of ether oxygens (including phenoxy) is 1. The van der Waals surface area contributed by atoms with Gasteiger partial charge in [-0.25, -0.2) is 4.79 Å². The van der Waals surface area contributed by atoms with Crippen LogP contribution < -0.4 is 5.32 Å². The van der Waals surface area contributed by atoms with Gasteiger partial charge in [-0.2, -0.15) is 0 Å². The number of likely N-dealkylation sites (tertiary alicyclic amines) is 1. The predicted molar refractivity (Wildman–Crippen MR) is 109 cm³/mol. The number of hydrogen-bond donors (Lipinski definition) is 1. The number of nitrogens with one attached hydrogen (secondary N) is 1. The fourth-order valence-corrected chi connectivity index (χ4v) is 3.55. The standard InChI is InChI=1S/C23H28N2O3/c1-23(2,3)28-22(27)25-15-19(20(16-25)17-10-6-4-7-11-17)14-24-21(26)18-12-8-5-9-13-18/h4-13,19-20H,14-16H2,1-3H3,(H,24,26)/t19-,20?/m0/s1. The Morgan fingerprint density at radius 3 is 2.21 bits per heavy atom. The lowest BCUT2D eigenvalue weighted by molar-refractivity contribution is 0.0287. The van der Waals surface area contributed by atoms with Crippen molar-refractivity contribution in [3.8, 4) is 0 Å². The monoisotopic (exact) mass is 380 g/mol. The van der Waals surface area contributed by atoms with Gasteiger partial charge in [-0.05, 0) is 38.5 Å². The molecule has 1 heterocycles. The second-order valence-corrected chi connectivity index (χ2v) is 8.24. The fourth-order valence-electron chi connectivity index (χ4n) is 3.55. The number of hydrogen-bond acceptors (Lipinski definition) is 3. The van der Waals surface area contributed by atoms with Crippen molar-refractivity contribution in [2.24, 2.45) is 5.92 Å². The van der Waals surface area contributed by atoms with Crippen LogP contribution in [0.2, 0.25) is 0 Å². The summed E-state index contributed by atoms with van der Waals surface area (Å²) in [4.78, 5) is 26.7. The van der Waals surface area contributed by atoms with Gasteiger partial charge in [0, 0.05) is 37.0 Å². The third-order valence-corrected chi connectivity index (χ3v) is 4.88. The first-order valence-electron chi connectivity index (χ1n) is 9.69. The Hall–Kier alpha value is -2.82. The minimum Gasteiger partial charge on any atom is -0.444 e. The third-order valence-electron chi connectivity index (χ3n) is 4.88. The zero-order chi connectivity index (χ0) is 20.1. The first kappa shape index (κ1) is 19.9. The second kappa shape index (κ2) is 8.46. The topological polar surface area (TPSA) is 58.6 Å². The summed E-state index contributed by atoms with van der Waals surface area (Å²) in [6, 6.07) is 19.3. The molecule has 1 saturated heterocycles. The maximum Gasteiger partial charge on any atom is 0.410 e. The van der Waals surface area contributed by atoms with Crippen LogP contribution in [0.4, 0.5) is 4.79 Å². The SMILES string of the molecule is CC(C)(C)OC(=O)N1CC(c2ccccc2)[C@@H](CNC(=O)c2ccccc2)C1. The van der Waals surface area contributed by atoms with E-state index in [-0.39, 0.29) is 23.8 Å². The Labute approximate surface area is 166 Å². The van der Waals surface area contributed by atoms with Crippen LogP contribution in [0.1, 0.15) is 42.6 Å². The van der Waals surface area contributed by atoms with Crippen molar-refractivity contribution < 1.29 is 14.3 Å². The quantitative estimate of drug-likeness (QED) is 0.870. The molecule has 2 atom stereocenters. The molecular weight excluding hydrogens is 352 g/mol. The summed E-state index contributed by atoms with van der Waals surface area (Å²) in [6.45, 7) is 7.26. The highest BCUT2D eigenvalue weighted by atomic mass is 16.6. The molecule has 3 rings (SSSR count). The molecular formula is C23H28N2O3. The minimum atomic E-state index is -0.529. The molecule has 1 fully saturated rings. The fraction of sp³-hybridized carbons (Fsp3) is 0.391. The summed E-state index contributed by atoms with van der Waals surface area (Å²) < 4.78 is 5.55. The van der Waals surface area contributed by atoms with Gasteiger partial charge < -0.3 is 15.0 Å². The van der Waals surface area contributed by atoms with Crippen LogP contribution >= 0.6 is 0 Å². The Balaban J connectivity index is 1.70. The Morgan fingerprint density at radius 1 is 1.00 bits per heavy atom. The molecule has 0 radical (unpaired) electrons. The van der Waals surface area contributed by atoms with Gasteiger partial charge in [-0.3, -0.25) is 4.79 Å². The number of carbonyl (C=O) groups is 2. The number of amides is 2. The van der Waals surface area contributed by atoms with E-state index in [4.69, 9.17) is 4.74 Å². The highest BCUT2D eigenvalue weighted by molar-refractivity contribution is 5.94. The van der Waals surface area contributed by atoms with E-state index in [1.807, 2.05) is 57.2 Å². The zero-order valence-corrected chi connectivity index (χ0v) is 16.7.